The number of carboxylic acids is 1. The third-order valence-corrected chi connectivity index (χ3v) is 7.78. The zero-order chi connectivity index (χ0) is 29.4. The van der Waals surface area contributed by atoms with Crippen molar-refractivity contribution in [1.82, 2.24) is 14.9 Å². The van der Waals surface area contributed by atoms with Gasteiger partial charge in [-0.3, -0.25) is 4.79 Å². The Morgan fingerprint density at radius 3 is 2.44 bits per heavy atom. The number of nitrogens with one attached hydrogen (secondary N) is 1. The van der Waals surface area contributed by atoms with Crippen molar-refractivity contribution in [2.45, 2.75) is 45.7 Å². The largest absolute Gasteiger partial charge is 0.478 e. The average Bonchev–Trinajstić information content (AvgIpc) is 3.27. The number of halogens is 2. The Bertz CT molecular complexity index is 1490. The summed E-state index contributed by atoms with van der Waals surface area (Å²) in [6, 6.07) is 21.4. The van der Waals surface area contributed by atoms with Gasteiger partial charge in [0.25, 0.3) is 0 Å². The van der Waals surface area contributed by atoms with Crippen molar-refractivity contribution in [2.75, 3.05) is 5.75 Å². The molecule has 6 nitrogen and oxygen atoms in total. The highest BCUT2D eigenvalue weighted by Crippen LogP contribution is 2.27. The molecule has 0 radical (unpaired) electrons. The van der Waals surface area contributed by atoms with Crippen LogP contribution >= 0.6 is 24.2 Å². The minimum Gasteiger partial charge on any atom is -0.478 e. The van der Waals surface area contributed by atoms with Gasteiger partial charge < -0.3 is 15.0 Å². The predicted octanol–water partition coefficient (Wildman–Crippen LogP) is 6.84. The molecule has 214 valence electrons. The van der Waals surface area contributed by atoms with E-state index in [9.17, 15) is 19.1 Å². The Balaban J connectivity index is 1.55. The van der Waals surface area contributed by atoms with Crippen LogP contribution in [0.1, 0.15) is 52.8 Å². The molecule has 1 aromatic heterocycles. The van der Waals surface area contributed by atoms with Crippen molar-refractivity contribution in [1.29, 1.82) is 0 Å². The highest BCUT2D eigenvalue weighted by atomic mass is 35.5. The fourth-order valence-corrected chi connectivity index (χ4v) is 5.36. The molecule has 2 N–H and O–H groups in total. The molecule has 3 aromatic carbocycles. The molecule has 4 rings (SSSR count). The summed E-state index contributed by atoms with van der Waals surface area (Å²) in [5, 5.41) is 12.9. The molecule has 0 aliphatic carbocycles. The van der Waals surface area contributed by atoms with Crippen molar-refractivity contribution in [3.63, 3.8) is 0 Å². The molecule has 0 fully saturated rings. The number of hydrogen-bond donors (Lipinski definition) is 3. The average molecular weight is 594 g/mol. The van der Waals surface area contributed by atoms with Crippen LogP contribution in [-0.4, -0.2) is 32.3 Å². The van der Waals surface area contributed by atoms with Gasteiger partial charge in [-0.05, 0) is 41.2 Å². The molecule has 0 saturated carbocycles. The van der Waals surface area contributed by atoms with Crippen LogP contribution in [0.15, 0.2) is 72.8 Å². The Kier molecular flexibility index (Phi) is 10.6. The molecule has 1 heterocycles. The van der Waals surface area contributed by atoms with Gasteiger partial charge in [-0.15, -0.1) is 0 Å². The molecule has 1 atom stereocenters. The van der Waals surface area contributed by atoms with Crippen molar-refractivity contribution in [3.05, 3.63) is 112 Å². The van der Waals surface area contributed by atoms with Gasteiger partial charge in [-0.1, -0.05) is 91.7 Å². The highest BCUT2D eigenvalue weighted by Gasteiger charge is 2.21. The topological polar surface area (TPSA) is 84.2 Å². The van der Waals surface area contributed by atoms with Crippen LogP contribution in [0.5, 0.6) is 0 Å². The predicted molar refractivity (Wildman–Crippen MR) is 163 cm³/mol. The van der Waals surface area contributed by atoms with Crippen LogP contribution in [0, 0.1) is 11.7 Å². The zero-order valence-electron chi connectivity index (χ0n) is 22.8. The number of aryl methyl sites for hydroxylation is 1. The summed E-state index contributed by atoms with van der Waals surface area (Å²) in [6.45, 7) is 2.79. The van der Waals surface area contributed by atoms with E-state index in [1.165, 1.54) is 6.07 Å². The maximum Gasteiger partial charge on any atom is 0.339 e. The Hall–Kier alpha value is -3.62. The van der Waals surface area contributed by atoms with E-state index in [2.05, 4.69) is 29.9 Å². The third kappa shape index (κ3) is 7.57. The first kappa shape index (κ1) is 30.3. The molecular weight excluding hydrogens is 561 g/mol. The lowest BCUT2D eigenvalue weighted by atomic mass is 9.98. The lowest BCUT2D eigenvalue weighted by Gasteiger charge is -2.17. The second kappa shape index (κ2) is 14.3. The number of amides is 1. The first-order valence-corrected chi connectivity index (χ1v) is 14.6. The molecule has 1 unspecified atom stereocenters. The van der Waals surface area contributed by atoms with E-state index in [-0.39, 0.29) is 23.9 Å². The quantitative estimate of drug-likeness (QED) is 0.148. The number of rotatable bonds is 13. The molecule has 9 heteroatoms. The highest BCUT2D eigenvalue weighted by molar-refractivity contribution is 7.80. The lowest BCUT2D eigenvalue weighted by Crippen LogP contribution is -2.33. The maximum atomic E-state index is 14.2. The van der Waals surface area contributed by atoms with Crippen LogP contribution in [0.3, 0.4) is 0 Å². The number of unbranched alkanes of at least 4 members (excludes halogenated alkanes) is 1. The molecular formula is C32H33ClFN3O3S. The first-order valence-electron chi connectivity index (χ1n) is 13.6. The summed E-state index contributed by atoms with van der Waals surface area (Å²) in [6.07, 6.45) is 3.26. The number of carbonyl (C=O) groups excluding carboxylic acids is 1. The Morgan fingerprint density at radius 1 is 1.05 bits per heavy atom. The number of aromatic carboxylic acids is 1. The zero-order valence-corrected chi connectivity index (χ0v) is 24.5. The van der Waals surface area contributed by atoms with Crippen LogP contribution < -0.4 is 5.32 Å². The van der Waals surface area contributed by atoms with Gasteiger partial charge in [0.2, 0.25) is 5.91 Å². The summed E-state index contributed by atoms with van der Waals surface area (Å²) in [5.41, 5.74) is 3.28. The number of imidazole rings is 1. The van der Waals surface area contributed by atoms with Crippen LogP contribution in [0.2, 0.25) is 5.15 Å². The summed E-state index contributed by atoms with van der Waals surface area (Å²) in [7, 11) is 0. The fourth-order valence-electron chi connectivity index (χ4n) is 4.79. The van der Waals surface area contributed by atoms with Gasteiger partial charge in [0.05, 0.1) is 18.2 Å². The number of carboxylic acid groups (broad SMARTS) is 1. The number of benzene rings is 3. The number of hydrogen-bond acceptors (Lipinski definition) is 4. The van der Waals surface area contributed by atoms with E-state index in [4.69, 9.17) is 11.6 Å². The van der Waals surface area contributed by atoms with Crippen molar-refractivity contribution < 1.29 is 19.1 Å². The van der Waals surface area contributed by atoms with E-state index in [1.54, 1.807) is 18.2 Å². The molecule has 1 amide bonds. The molecule has 0 spiro atoms. The molecule has 4 aromatic rings. The van der Waals surface area contributed by atoms with E-state index >= 15 is 0 Å². The second-order valence-corrected chi connectivity index (χ2v) is 10.6. The van der Waals surface area contributed by atoms with Gasteiger partial charge in [0.1, 0.15) is 17.2 Å². The number of nitrogens with zero attached hydrogens (tertiary/aromatic N) is 2. The summed E-state index contributed by atoms with van der Waals surface area (Å²) < 4.78 is 16.3. The Labute approximate surface area is 250 Å². The van der Waals surface area contributed by atoms with E-state index in [1.807, 2.05) is 47.0 Å². The minimum absolute atomic E-state index is 0.101. The molecule has 0 aliphatic heterocycles. The normalized spacial score (nSPS) is 11.8. The monoisotopic (exact) mass is 593 g/mol. The molecule has 0 aliphatic rings. The van der Waals surface area contributed by atoms with Crippen molar-refractivity contribution >= 4 is 36.1 Å². The SMILES string of the molecule is CCCCc1nc(Cl)c(CNC(=O)C(CS)Cc2ccccc2)n1Cc1ccc(-c2cccc(F)c2C(=O)O)cc1. The van der Waals surface area contributed by atoms with Gasteiger partial charge in [0, 0.05) is 18.7 Å². The number of aromatic nitrogens is 2. The molecule has 0 bridgehead atoms. The minimum atomic E-state index is -1.31. The van der Waals surface area contributed by atoms with E-state index in [0.29, 0.717) is 40.7 Å². The van der Waals surface area contributed by atoms with Gasteiger partial charge >= 0.3 is 5.97 Å². The van der Waals surface area contributed by atoms with Crippen LogP contribution in [0.25, 0.3) is 11.1 Å². The second-order valence-electron chi connectivity index (χ2n) is 9.91. The molecule has 41 heavy (non-hydrogen) atoms. The maximum absolute atomic E-state index is 14.2. The summed E-state index contributed by atoms with van der Waals surface area (Å²) >= 11 is 11.0. The van der Waals surface area contributed by atoms with Crippen molar-refractivity contribution in [3.8, 4) is 11.1 Å². The van der Waals surface area contributed by atoms with Gasteiger partial charge in [-0.25, -0.2) is 14.2 Å². The third-order valence-electron chi connectivity index (χ3n) is 7.04. The smallest absolute Gasteiger partial charge is 0.339 e. The first-order chi connectivity index (χ1) is 19.8. The van der Waals surface area contributed by atoms with Crippen LogP contribution in [-0.2, 0) is 30.7 Å². The molecule has 0 saturated heterocycles. The van der Waals surface area contributed by atoms with Gasteiger partial charge in [0.15, 0.2) is 5.15 Å². The lowest BCUT2D eigenvalue weighted by molar-refractivity contribution is -0.124. The van der Waals surface area contributed by atoms with E-state index in [0.717, 1.165) is 42.3 Å². The summed E-state index contributed by atoms with van der Waals surface area (Å²) in [4.78, 5) is 29.4. The Morgan fingerprint density at radius 2 is 1.78 bits per heavy atom. The van der Waals surface area contributed by atoms with E-state index < -0.39 is 11.8 Å². The summed E-state index contributed by atoms with van der Waals surface area (Å²) in [5.74, 6) is -1.23. The van der Waals surface area contributed by atoms with Crippen LogP contribution in [0.4, 0.5) is 4.39 Å². The van der Waals surface area contributed by atoms with Crippen molar-refractivity contribution in [2.24, 2.45) is 5.92 Å². The van der Waals surface area contributed by atoms with Gasteiger partial charge in [-0.2, -0.15) is 12.6 Å². The number of carbonyl (C=O) groups is 2. The standard InChI is InChI=1S/C32H33ClFN3O3S/c1-2-3-12-28-36-30(33)27(18-35-31(38)24(20-41)17-21-8-5-4-6-9-21)37(28)19-22-13-15-23(16-14-22)25-10-7-11-26(34)29(25)32(39)40/h4-11,13-16,24,41H,2-3,12,17-20H2,1H3,(H,35,38)(H,39,40). The number of thiol groups is 1. The fraction of sp³-hybridized carbons (Fsp3) is 0.281.